The van der Waals surface area contributed by atoms with Gasteiger partial charge in [-0.15, -0.1) is 0 Å². The summed E-state index contributed by atoms with van der Waals surface area (Å²) < 4.78 is 0. The Bertz CT molecular complexity index is 331. The molecule has 110 valence electrons. The molecule has 19 heavy (non-hydrogen) atoms. The molecule has 0 heterocycles. The summed E-state index contributed by atoms with van der Waals surface area (Å²) in [6, 6.07) is -0.370. The summed E-state index contributed by atoms with van der Waals surface area (Å²) in [4.78, 5) is 22.7. The quantitative estimate of drug-likeness (QED) is 0.716. The second kappa shape index (κ2) is 6.78. The third kappa shape index (κ3) is 4.73. The average Bonchev–Trinajstić information content (AvgIpc) is 2.59. The van der Waals surface area contributed by atoms with E-state index in [0.717, 1.165) is 12.8 Å². The molecule has 1 aliphatic carbocycles. The van der Waals surface area contributed by atoms with Crippen molar-refractivity contribution in [3.63, 3.8) is 0 Å². The Labute approximate surface area is 115 Å². The van der Waals surface area contributed by atoms with Crippen LogP contribution in [-0.2, 0) is 4.79 Å². The van der Waals surface area contributed by atoms with E-state index >= 15 is 0 Å². The van der Waals surface area contributed by atoms with Crippen molar-refractivity contribution in [3.8, 4) is 0 Å². The fraction of sp³-hybridized carbons (Fsp3) is 0.857. The van der Waals surface area contributed by atoms with Crippen LogP contribution < -0.4 is 10.6 Å². The molecular formula is C14H26N2O3. The maximum atomic E-state index is 11.9. The molecule has 0 spiro atoms. The summed E-state index contributed by atoms with van der Waals surface area (Å²) >= 11 is 0. The van der Waals surface area contributed by atoms with Crippen LogP contribution in [0.5, 0.6) is 0 Å². The van der Waals surface area contributed by atoms with Crippen LogP contribution in [0.25, 0.3) is 0 Å². The van der Waals surface area contributed by atoms with E-state index in [0.29, 0.717) is 11.8 Å². The molecule has 2 amide bonds. The van der Waals surface area contributed by atoms with E-state index in [2.05, 4.69) is 24.5 Å². The van der Waals surface area contributed by atoms with Crippen LogP contribution >= 0.6 is 0 Å². The molecule has 4 unspecified atom stereocenters. The van der Waals surface area contributed by atoms with Crippen molar-refractivity contribution in [2.45, 2.75) is 59.0 Å². The highest BCUT2D eigenvalue weighted by Crippen LogP contribution is 2.30. The first kappa shape index (κ1) is 15.8. The van der Waals surface area contributed by atoms with Gasteiger partial charge in [-0.3, -0.25) is 4.79 Å². The molecule has 5 nitrogen and oxygen atoms in total. The monoisotopic (exact) mass is 270 g/mol. The smallest absolute Gasteiger partial charge is 0.315 e. The molecule has 0 aromatic heterocycles. The van der Waals surface area contributed by atoms with Crippen LogP contribution in [0.1, 0.15) is 47.0 Å². The number of carbonyl (C=O) groups is 2. The molecule has 1 saturated carbocycles. The molecular weight excluding hydrogens is 244 g/mol. The van der Waals surface area contributed by atoms with E-state index in [1.54, 1.807) is 0 Å². The van der Waals surface area contributed by atoms with Crippen LogP contribution in [0, 0.1) is 17.8 Å². The molecule has 1 fully saturated rings. The summed E-state index contributed by atoms with van der Waals surface area (Å²) in [5.74, 6) is 0.316. The van der Waals surface area contributed by atoms with Gasteiger partial charge in [0.05, 0.1) is 6.42 Å². The van der Waals surface area contributed by atoms with Gasteiger partial charge in [-0.1, -0.05) is 27.7 Å². The number of carboxylic acids is 1. The Morgan fingerprint density at radius 1 is 1.26 bits per heavy atom. The molecule has 1 rings (SSSR count). The number of rotatable bonds is 5. The Balaban J connectivity index is 2.46. The van der Waals surface area contributed by atoms with Gasteiger partial charge in [0.25, 0.3) is 0 Å². The van der Waals surface area contributed by atoms with Crippen LogP contribution in [0.3, 0.4) is 0 Å². The molecule has 4 atom stereocenters. The van der Waals surface area contributed by atoms with E-state index in [9.17, 15) is 9.59 Å². The number of urea groups is 1. The zero-order valence-corrected chi connectivity index (χ0v) is 12.3. The second-order valence-electron chi connectivity index (χ2n) is 6.09. The number of amides is 2. The van der Waals surface area contributed by atoms with Crippen molar-refractivity contribution in [2.75, 3.05) is 0 Å². The Kier molecular flexibility index (Phi) is 5.63. The van der Waals surface area contributed by atoms with Gasteiger partial charge in [0.2, 0.25) is 0 Å². The molecule has 1 aliphatic rings. The van der Waals surface area contributed by atoms with E-state index in [1.165, 1.54) is 0 Å². The van der Waals surface area contributed by atoms with Gasteiger partial charge in [0, 0.05) is 12.1 Å². The lowest BCUT2D eigenvalue weighted by atomic mass is 9.98. The van der Waals surface area contributed by atoms with E-state index in [-0.39, 0.29) is 30.5 Å². The molecule has 3 N–H and O–H groups in total. The SMILES string of the molecule is CC(C)C(CC(=O)O)NC(=O)NC1CCC(C)C1C. The van der Waals surface area contributed by atoms with E-state index < -0.39 is 5.97 Å². The molecule has 0 aliphatic heterocycles. The first-order valence-corrected chi connectivity index (χ1v) is 7.10. The standard InChI is InChI=1S/C14H26N2O3/c1-8(2)12(7-13(17)18)16-14(19)15-11-6-5-9(3)10(11)4/h8-12H,5-7H2,1-4H3,(H,17,18)(H2,15,16,19). The first-order valence-electron chi connectivity index (χ1n) is 7.10. The van der Waals surface area contributed by atoms with Crippen molar-refractivity contribution < 1.29 is 14.7 Å². The second-order valence-corrected chi connectivity index (χ2v) is 6.09. The maximum Gasteiger partial charge on any atom is 0.315 e. The van der Waals surface area contributed by atoms with Crippen molar-refractivity contribution in [1.82, 2.24) is 10.6 Å². The van der Waals surface area contributed by atoms with Crippen molar-refractivity contribution in [3.05, 3.63) is 0 Å². The van der Waals surface area contributed by atoms with Crippen LogP contribution in [0.15, 0.2) is 0 Å². The van der Waals surface area contributed by atoms with Crippen LogP contribution in [0.4, 0.5) is 4.79 Å². The highest BCUT2D eigenvalue weighted by molar-refractivity contribution is 5.76. The van der Waals surface area contributed by atoms with Crippen LogP contribution in [-0.4, -0.2) is 29.2 Å². The molecule has 5 heteroatoms. The zero-order chi connectivity index (χ0) is 14.6. The van der Waals surface area contributed by atoms with Gasteiger partial charge in [-0.05, 0) is 30.6 Å². The number of hydrogen-bond acceptors (Lipinski definition) is 2. The molecule has 0 saturated heterocycles. The lowest BCUT2D eigenvalue weighted by Crippen LogP contribution is -2.49. The Morgan fingerprint density at radius 3 is 2.32 bits per heavy atom. The highest BCUT2D eigenvalue weighted by Gasteiger charge is 2.31. The summed E-state index contributed by atoms with van der Waals surface area (Å²) in [6.07, 6.45) is 2.09. The van der Waals surface area contributed by atoms with Gasteiger partial charge in [-0.25, -0.2) is 4.79 Å². The van der Waals surface area contributed by atoms with Crippen molar-refractivity contribution >= 4 is 12.0 Å². The third-order valence-electron chi connectivity index (χ3n) is 4.30. The van der Waals surface area contributed by atoms with Gasteiger partial charge in [0.15, 0.2) is 0 Å². The topological polar surface area (TPSA) is 78.4 Å². The fourth-order valence-electron chi connectivity index (χ4n) is 2.59. The van der Waals surface area contributed by atoms with Crippen LogP contribution in [0.2, 0.25) is 0 Å². The van der Waals surface area contributed by atoms with Gasteiger partial charge < -0.3 is 15.7 Å². The number of nitrogens with one attached hydrogen (secondary N) is 2. The van der Waals surface area contributed by atoms with Gasteiger partial charge in [-0.2, -0.15) is 0 Å². The minimum Gasteiger partial charge on any atom is -0.481 e. The summed E-state index contributed by atoms with van der Waals surface area (Å²) in [5.41, 5.74) is 0. The summed E-state index contributed by atoms with van der Waals surface area (Å²) in [7, 11) is 0. The number of carboxylic acid groups (broad SMARTS) is 1. The van der Waals surface area contributed by atoms with Gasteiger partial charge in [0.1, 0.15) is 0 Å². The number of aliphatic carboxylic acids is 1. The fourth-order valence-corrected chi connectivity index (χ4v) is 2.59. The summed E-state index contributed by atoms with van der Waals surface area (Å²) in [6.45, 7) is 8.17. The molecule has 0 aromatic rings. The minimum atomic E-state index is -0.887. The maximum absolute atomic E-state index is 11.9. The van der Waals surface area contributed by atoms with Crippen molar-refractivity contribution in [1.29, 1.82) is 0 Å². The number of hydrogen-bond donors (Lipinski definition) is 3. The lowest BCUT2D eigenvalue weighted by Gasteiger charge is -2.24. The largest absolute Gasteiger partial charge is 0.481 e. The van der Waals surface area contributed by atoms with E-state index in [1.807, 2.05) is 13.8 Å². The molecule has 0 bridgehead atoms. The molecule has 0 aromatic carbocycles. The summed E-state index contributed by atoms with van der Waals surface area (Å²) in [5, 5.41) is 14.6. The van der Waals surface area contributed by atoms with E-state index in [4.69, 9.17) is 5.11 Å². The highest BCUT2D eigenvalue weighted by atomic mass is 16.4. The predicted octanol–water partition coefficient (Wildman–Crippen LogP) is 2.22. The predicted molar refractivity (Wildman–Crippen MR) is 73.9 cm³/mol. The molecule has 0 radical (unpaired) electrons. The normalized spacial score (nSPS) is 28.2. The third-order valence-corrected chi connectivity index (χ3v) is 4.30. The Morgan fingerprint density at radius 2 is 1.89 bits per heavy atom. The lowest BCUT2D eigenvalue weighted by molar-refractivity contribution is -0.137. The van der Waals surface area contributed by atoms with Gasteiger partial charge >= 0.3 is 12.0 Å². The first-order chi connectivity index (χ1) is 8.81. The minimum absolute atomic E-state index is 0.0400. The Hall–Kier alpha value is -1.26. The van der Waals surface area contributed by atoms with Crippen molar-refractivity contribution in [2.24, 2.45) is 17.8 Å². The zero-order valence-electron chi connectivity index (χ0n) is 12.3. The number of carbonyl (C=O) groups excluding carboxylic acids is 1. The average molecular weight is 270 g/mol.